The number of carbonyl (C=O) groups excluding carboxylic acids is 2. The fraction of sp³-hybridized carbons (Fsp3) is 0.158. The fourth-order valence-corrected chi connectivity index (χ4v) is 3.86. The number of benzene rings is 1. The van der Waals surface area contributed by atoms with Crippen LogP contribution in [0, 0.1) is 0 Å². The average molecular weight is 379 g/mol. The molecule has 1 aliphatic rings. The number of fused-ring (bicyclic) bond motifs is 1. The highest BCUT2D eigenvalue weighted by Gasteiger charge is 2.26. The Morgan fingerprint density at radius 1 is 1.07 bits per heavy atom. The number of thioether (sulfide) groups is 1. The number of aromatic nitrogens is 3. The first-order valence-electron chi connectivity index (χ1n) is 8.44. The van der Waals surface area contributed by atoms with E-state index in [-0.39, 0.29) is 6.54 Å². The molecule has 0 saturated carbocycles. The van der Waals surface area contributed by atoms with Crippen LogP contribution in [-0.4, -0.2) is 26.6 Å². The zero-order valence-corrected chi connectivity index (χ0v) is 15.2. The molecule has 4 rings (SSSR count). The van der Waals surface area contributed by atoms with E-state index in [0.29, 0.717) is 5.82 Å². The van der Waals surface area contributed by atoms with Crippen LogP contribution in [0.5, 0.6) is 0 Å². The van der Waals surface area contributed by atoms with Crippen molar-refractivity contribution in [3.8, 4) is 5.69 Å². The van der Waals surface area contributed by atoms with Crippen LogP contribution >= 0.6 is 11.8 Å². The van der Waals surface area contributed by atoms with Gasteiger partial charge in [-0.1, -0.05) is 24.3 Å². The van der Waals surface area contributed by atoms with Crippen molar-refractivity contribution in [3.05, 3.63) is 71.7 Å². The largest absolute Gasteiger partial charge is 0.344 e. The summed E-state index contributed by atoms with van der Waals surface area (Å²) in [4.78, 5) is 28.6. The third-order valence-corrected chi connectivity index (χ3v) is 5.14. The summed E-state index contributed by atoms with van der Waals surface area (Å²) in [5.41, 5.74) is 3.57. The number of anilines is 1. The molecule has 3 heterocycles. The van der Waals surface area contributed by atoms with Gasteiger partial charge in [-0.05, 0) is 23.8 Å². The van der Waals surface area contributed by atoms with Crippen molar-refractivity contribution >= 4 is 29.4 Å². The second-order valence-corrected chi connectivity index (χ2v) is 7.00. The minimum absolute atomic E-state index is 0.242. The van der Waals surface area contributed by atoms with Crippen LogP contribution in [0.15, 0.2) is 54.9 Å². The van der Waals surface area contributed by atoms with Crippen molar-refractivity contribution in [1.82, 2.24) is 20.1 Å². The van der Waals surface area contributed by atoms with Gasteiger partial charge in [0.15, 0.2) is 0 Å². The Labute approximate surface area is 160 Å². The van der Waals surface area contributed by atoms with Gasteiger partial charge in [0.1, 0.15) is 5.82 Å². The van der Waals surface area contributed by atoms with Crippen LogP contribution in [0.1, 0.15) is 16.8 Å². The van der Waals surface area contributed by atoms with Crippen LogP contribution in [-0.2, 0) is 27.6 Å². The molecule has 1 aromatic carbocycles. The second-order valence-electron chi connectivity index (χ2n) is 6.01. The molecule has 0 radical (unpaired) electrons. The number of pyridine rings is 1. The summed E-state index contributed by atoms with van der Waals surface area (Å²) < 4.78 is 1.69. The summed E-state index contributed by atoms with van der Waals surface area (Å²) in [5, 5.41) is 9.97. The van der Waals surface area contributed by atoms with Crippen molar-refractivity contribution in [2.75, 3.05) is 5.32 Å². The van der Waals surface area contributed by atoms with Crippen molar-refractivity contribution < 1.29 is 9.59 Å². The number of hydrogen-bond acceptors (Lipinski definition) is 5. The third kappa shape index (κ3) is 3.70. The Bertz CT molecular complexity index is 973. The maximum absolute atomic E-state index is 12.4. The van der Waals surface area contributed by atoms with Crippen LogP contribution in [0.2, 0.25) is 0 Å². The maximum atomic E-state index is 12.4. The lowest BCUT2D eigenvalue weighted by molar-refractivity contribution is -0.136. The van der Waals surface area contributed by atoms with Gasteiger partial charge in [0.2, 0.25) is 0 Å². The zero-order valence-electron chi connectivity index (χ0n) is 14.4. The van der Waals surface area contributed by atoms with Gasteiger partial charge in [0.25, 0.3) is 0 Å². The molecule has 136 valence electrons. The van der Waals surface area contributed by atoms with E-state index in [1.807, 2.05) is 36.4 Å². The molecule has 7 nitrogen and oxygen atoms in total. The Balaban J connectivity index is 1.52. The molecule has 0 atom stereocenters. The summed E-state index contributed by atoms with van der Waals surface area (Å²) in [7, 11) is 0. The van der Waals surface area contributed by atoms with Crippen molar-refractivity contribution in [2.24, 2.45) is 0 Å². The molecule has 0 bridgehead atoms. The second kappa shape index (κ2) is 7.63. The summed E-state index contributed by atoms with van der Waals surface area (Å²) >= 11 is 1.74. The lowest BCUT2D eigenvalue weighted by Gasteiger charge is -2.11. The molecule has 8 heteroatoms. The molecule has 0 aliphatic carbocycles. The molecule has 0 unspecified atom stereocenters. The molecular formula is C19H17N5O2S. The monoisotopic (exact) mass is 379 g/mol. The minimum atomic E-state index is -0.712. The van der Waals surface area contributed by atoms with Gasteiger partial charge >= 0.3 is 11.8 Å². The highest BCUT2D eigenvalue weighted by molar-refractivity contribution is 7.98. The van der Waals surface area contributed by atoms with E-state index in [1.54, 1.807) is 34.9 Å². The molecule has 0 spiro atoms. The highest BCUT2D eigenvalue weighted by atomic mass is 32.2. The first kappa shape index (κ1) is 17.3. The maximum Gasteiger partial charge on any atom is 0.314 e. The summed E-state index contributed by atoms with van der Waals surface area (Å²) in [6, 6.07) is 13.2. The smallest absolute Gasteiger partial charge is 0.314 e. The average Bonchev–Trinajstić information content (AvgIpc) is 3.30. The van der Waals surface area contributed by atoms with Gasteiger partial charge in [-0.25, -0.2) is 4.68 Å². The number of para-hydroxylation sites is 1. The number of nitrogens with one attached hydrogen (secondary N) is 2. The number of rotatable bonds is 4. The Morgan fingerprint density at radius 3 is 2.70 bits per heavy atom. The molecule has 2 aromatic heterocycles. The summed E-state index contributed by atoms with van der Waals surface area (Å²) in [6.45, 7) is 0.242. The van der Waals surface area contributed by atoms with Crippen molar-refractivity contribution in [2.45, 2.75) is 18.1 Å². The number of nitrogens with zero attached hydrogens (tertiary/aromatic N) is 3. The lowest BCUT2D eigenvalue weighted by atomic mass is 10.2. The van der Waals surface area contributed by atoms with Gasteiger partial charge in [-0.2, -0.15) is 16.9 Å². The van der Waals surface area contributed by atoms with E-state index in [1.165, 1.54) is 0 Å². The van der Waals surface area contributed by atoms with Crippen LogP contribution in [0.25, 0.3) is 5.69 Å². The molecule has 0 saturated heterocycles. The summed E-state index contributed by atoms with van der Waals surface area (Å²) in [5.74, 6) is 0.706. The number of carbonyl (C=O) groups is 2. The molecule has 2 N–H and O–H groups in total. The minimum Gasteiger partial charge on any atom is -0.344 e. The van der Waals surface area contributed by atoms with Crippen LogP contribution < -0.4 is 10.6 Å². The molecule has 27 heavy (non-hydrogen) atoms. The Kier molecular flexibility index (Phi) is 4.88. The van der Waals surface area contributed by atoms with Crippen molar-refractivity contribution in [1.29, 1.82) is 0 Å². The van der Waals surface area contributed by atoms with E-state index in [2.05, 4.69) is 20.7 Å². The first-order valence-corrected chi connectivity index (χ1v) is 9.60. The van der Waals surface area contributed by atoms with Gasteiger partial charge < -0.3 is 10.6 Å². The normalized spacial score (nSPS) is 12.4. The van der Waals surface area contributed by atoms with E-state index in [0.717, 1.165) is 34.0 Å². The first-order chi connectivity index (χ1) is 13.2. The summed E-state index contributed by atoms with van der Waals surface area (Å²) in [6.07, 6.45) is 3.30. The standard InChI is InChI=1S/C19H17N5O2S/c25-18(21-10-13-5-4-8-20-9-13)19(26)22-17-15-11-27-12-16(15)23-24(17)14-6-2-1-3-7-14/h1-9H,10-12H2,(H,21,25)(H,22,26). The third-order valence-electron chi connectivity index (χ3n) is 4.17. The Hall–Kier alpha value is -3.13. The quantitative estimate of drug-likeness (QED) is 0.679. The predicted octanol–water partition coefficient (Wildman–Crippen LogP) is 2.27. The SMILES string of the molecule is O=C(NCc1cccnc1)C(=O)Nc1c2c(nn1-c1ccccc1)CSC2. The topological polar surface area (TPSA) is 88.9 Å². The number of amides is 2. The van der Waals surface area contributed by atoms with E-state index >= 15 is 0 Å². The van der Waals surface area contributed by atoms with Gasteiger partial charge in [-0.15, -0.1) is 0 Å². The molecule has 3 aromatic rings. The molecular weight excluding hydrogens is 362 g/mol. The zero-order chi connectivity index (χ0) is 18.6. The van der Waals surface area contributed by atoms with Gasteiger partial charge in [0.05, 0.1) is 11.4 Å². The predicted molar refractivity (Wildman–Crippen MR) is 103 cm³/mol. The van der Waals surface area contributed by atoms with Gasteiger partial charge in [0, 0.05) is 36.0 Å². The fourth-order valence-electron chi connectivity index (χ4n) is 2.83. The van der Waals surface area contributed by atoms with Gasteiger partial charge in [-0.3, -0.25) is 14.6 Å². The van der Waals surface area contributed by atoms with Crippen molar-refractivity contribution in [3.63, 3.8) is 0 Å². The van der Waals surface area contributed by atoms with E-state index in [4.69, 9.17) is 0 Å². The molecule has 1 aliphatic heterocycles. The lowest BCUT2D eigenvalue weighted by Crippen LogP contribution is -2.35. The van der Waals surface area contributed by atoms with Crippen LogP contribution in [0.3, 0.4) is 0 Å². The number of hydrogen-bond donors (Lipinski definition) is 2. The van der Waals surface area contributed by atoms with E-state index in [9.17, 15) is 9.59 Å². The van der Waals surface area contributed by atoms with E-state index < -0.39 is 11.8 Å². The Morgan fingerprint density at radius 2 is 1.93 bits per heavy atom. The molecule has 2 amide bonds. The van der Waals surface area contributed by atoms with Crippen LogP contribution in [0.4, 0.5) is 5.82 Å². The molecule has 0 fully saturated rings. The highest BCUT2D eigenvalue weighted by Crippen LogP contribution is 2.35.